The van der Waals surface area contributed by atoms with E-state index in [9.17, 15) is 18.3 Å². The Labute approximate surface area is 193 Å². The summed E-state index contributed by atoms with van der Waals surface area (Å²) in [6.45, 7) is 1.06. The fourth-order valence-electron chi connectivity index (χ4n) is 3.76. The third kappa shape index (κ3) is 5.76. The van der Waals surface area contributed by atoms with E-state index in [1.165, 1.54) is 16.4 Å². The molecule has 2 N–H and O–H groups in total. The van der Waals surface area contributed by atoms with Crippen molar-refractivity contribution in [3.05, 3.63) is 48.0 Å². The number of rotatable bonds is 8. The van der Waals surface area contributed by atoms with Crippen molar-refractivity contribution < 1.29 is 32.5 Å². The highest BCUT2D eigenvalue weighted by atomic mass is 32.2. The van der Waals surface area contributed by atoms with E-state index in [1.807, 2.05) is 0 Å². The van der Waals surface area contributed by atoms with Crippen molar-refractivity contribution in [2.24, 2.45) is 0 Å². The lowest BCUT2D eigenvalue weighted by Crippen LogP contribution is -2.35. The Morgan fingerprint density at radius 1 is 1.06 bits per heavy atom. The number of fused-ring (bicyclic) bond motifs is 1. The summed E-state index contributed by atoms with van der Waals surface area (Å²) in [6, 6.07) is 11.1. The Morgan fingerprint density at radius 3 is 2.61 bits per heavy atom. The molecule has 0 aromatic heterocycles. The normalized spacial score (nSPS) is 17.2. The highest BCUT2D eigenvalue weighted by molar-refractivity contribution is 7.89. The van der Waals surface area contributed by atoms with Crippen LogP contribution in [0.2, 0.25) is 0 Å². The van der Waals surface area contributed by atoms with Gasteiger partial charge in [0.1, 0.15) is 18.5 Å². The van der Waals surface area contributed by atoms with Crippen LogP contribution in [0.3, 0.4) is 0 Å². The van der Waals surface area contributed by atoms with Crippen molar-refractivity contribution in [2.75, 3.05) is 33.0 Å². The average Bonchev–Trinajstić information content (AvgIpc) is 3.11. The fraction of sp³-hybridized carbons (Fsp3) is 0.435. The Balaban J connectivity index is 1.31. The van der Waals surface area contributed by atoms with Gasteiger partial charge in [0.2, 0.25) is 16.8 Å². The van der Waals surface area contributed by atoms with E-state index in [0.717, 1.165) is 25.7 Å². The molecule has 2 aliphatic heterocycles. The summed E-state index contributed by atoms with van der Waals surface area (Å²) in [4.78, 5) is 12.7. The third-order valence-corrected chi connectivity index (χ3v) is 7.48. The van der Waals surface area contributed by atoms with Crippen LogP contribution in [0.4, 0.5) is 0 Å². The summed E-state index contributed by atoms with van der Waals surface area (Å²) < 4.78 is 43.6. The number of amides is 1. The van der Waals surface area contributed by atoms with Crippen LogP contribution < -0.4 is 19.5 Å². The van der Waals surface area contributed by atoms with Gasteiger partial charge in [-0.3, -0.25) is 4.79 Å². The molecule has 2 aromatic carbocycles. The number of ether oxygens (including phenoxy) is 3. The largest absolute Gasteiger partial charge is 0.491 e. The number of carbonyl (C=O) groups is 1. The summed E-state index contributed by atoms with van der Waals surface area (Å²) in [7, 11) is -3.65. The molecule has 0 saturated carbocycles. The Bertz CT molecular complexity index is 1080. The van der Waals surface area contributed by atoms with Gasteiger partial charge in [0.25, 0.3) is 5.91 Å². The molecule has 0 radical (unpaired) electrons. The van der Waals surface area contributed by atoms with E-state index in [4.69, 9.17) is 14.2 Å². The first-order valence-electron chi connectivity index (χ1n) is 11.0. The molecular formula is C23H28N2O7S. The summed E-state index contributed by atoms with van der Waals surface area (Å²) in [6.07, 6.45) is 2.77. The molecular weight excluding hydrogens is 448 g/mol. The first kappa shape index (κ1) is 23.3. The molecule has 10 heteroatoms. The minimum absolute atomic E-state index is 0.0384. The molecule has 1 unspecified atom stereocenters. The molecule has 1 fully saturated rings. The monoisotopic (exact) mass is 476 g/mol. The number of sulfonamides is 1. The minimum Gasteiger partial charge on any atom is -0.491 e. The molecule has 4 rings (SSSR count). The number of aliphatic hydroxyl groups is 1. The van der Waals surface area contributed by atoms with Crippen LogP contribution >= 0.6 is 0 Å². The quantitative estimate of drug-likeness (QED) is 0.600. The number of hydrogen-bond donors (Lipinski definition) is 2. The van der Waals surface area contributed by atoms with E-state index < -0.39 is 22.0 Å². The zero-order valence-corrected chi connectivity index (χ0v) is 19.1. The van der Waals surface area contributed by atoms with Crippen LogP contribution in [0.1, 0.15) is 36.0 Å². The van der Waals surface area contributed by atoms with Crippen molar-refractivity contribution in [2.45, 2.75) is 36.7 Å². The lowest BCUT2D eigenvalue weighted by atomic mass is 10.2. The van der Waals surface area contributed by atoms with E-state index in [2.05, 4.69) is 5.32 Å². The van der Waals surface area contributed by atoms with Crippen molar-refractivity contribution in [1.82, 2.24) is 9.62 Å². The molecule has 2 aromatic rings. The fourth-order valence-corrected chi connectivity index (χ4v) is 5.32. The highest BCUT2D eigenvalue weighted by Gasteiger charge is 2.26. The smallest absolute Gasteiger partial charge is 0.251 e. The Hall–Kier alpha value is -2.82. The molecule has 1 amide bonds. The van der Waals surface area contributed by atoms with Gasteiger partial charge in [-0.1, -0.05) is 18.9 Å². The van der Waals surface area contributed by atoms with Gasteiger partial charge in [-0.25, -0.2) is 8.42 Å². The van der Waals surface area contributed by atoms with Gasteiger partial charge in [0, 0.05) is 31.3 Å². The van der Waals surface area contributed by atoms with Gasteiger partial charge in [0.15, 0.2) is 11.5 Å². The van der Waals surface area contributed by atoms with E-state index in [-0.39, 0.29) is 30.4 Å². The predicted octanol–water partition coefficient (Wildman–Crippen LogP) is 2.15. The second kappa shape index (κ2) is 10.4. The Morgan fingerprint density at radius 2 is 1.82 bits per heavy atom. The summed E-state index contributed by atoms with van der Waals surface area (Å²) in [5.74, 6) is 1.25. The number of carbonyl (C=O) groups excluding carboxylic acids is 1. The van der Waals surface area contributed by atoms with Gasteiger partial charge in [-0.2, -0.15) is 4.31 Å². The molecule has 2 heterocycles. The van der Waals surface area contributed by atoms with Crippen LogP contribution in [0.25, 0.3) is 0 Å². The third-order valence-electron chi connectivity index (χ3n) is 5.58. The zero-order valence-electron chi connectivity index (χ0n) is 18.2. The van der Waals surface area contributed by atoms with Crippen molar-refractivity contribution in [3.8, 4) is 17.2 Å². The second-order valence-electron chi connectivity index (χ2n) is 8.04. The number of hydrogen-bond acceptors (Lipinski definition) is 7. The van der Waals surface area contributed by atoms with Crippen LogP contribution in [-0.4, -0.2) is 62.9 Å². The van der Waals surface area contributed by atoms with Gasteiger partial charge in [0.05, 0.1) is 4.90 Å². The molecule has 0 bridgehead atoms. The van der Waals surface area contributed by atoms with Gasteiger partial charge < -0.3 is 24.6 Å². The molecule has 0 aliphatic carbocycles. The van der Waals surface area contributed by atoms with E-state index in [1.54, 1.807) is 30.3 Å². The predicted molar refractivity (Wildman–Crippen MR) is 120 cm³/mol. The highest BCUT2D eigenvalue weighted by Crippen LogP contribution is 2.35. The molecule has 1 atom stereocenters. The van der Waals surface area contributed by atoms with Crippen LogP contribution in [0.15, 0.2) is 47.4 Å². The van der Waals surface area contributed by atoms with Gasteiger partial charge in [-0.05, 0) is 43.2 Å². The molecule has 178 valence electrons. The first-order valence-corrected chi connectivity index (χ1v) is 12.5. The maximum absolute atomic E-state index is 13.0. The molecule has 0 spiro atoms. The van der Waals surface area contributed by atoms with Gasteiger partial charge >= 0.3 is 0 Å². The number of nitrogens with one attached hydrogen (secondary N) is 1. The number of aliphatic hydroxyl groups excluding tert-OH is 1. The number of nitrogens with zero attached hydrogens (tertiary/aromatic N) is 1. The summed E-state index contributed by atoms with van der Waals surface area (Å²) >= 11 is 0. The molecule has 33 heavy (non-hydrogen) atoms. The van der Waals surface area contributed by atoms with E-state index >= 15 is 0 Å². The van der Waals surface area contributed by atoms with Crippen molar-refractivity contribution >= 4 is 15.9 Å². The lowest BCUT2D eigenvalue weighted by molar-refractivity contribution is 0.0843. The average molecular weight is 477 g/mol. The zero-order chi connectivity index (χ0) is 23.3. The Kier molecular flexibility index (Phi) is 7.36. The molecule has 9 nitrogen and oxygen atoms in total. The van der Waals surface area contributed by atoms with Gasteiger partial charge in [-0.15, -0.1) is 0 Å². The van der Waals surface area contributed by atoms with Crippen LogP contribution in [0, 0.1) is 0 Å². The van der Waals surface area contributed by atoms with Crippen molar-refractivity contribution in [3.63, 3.8) is 0 Å². The maximum atomic E-state index is 13.0. The van der Waals surface area contributed by atoms with E-state index in [0.29, 0.717) is 30.3 Å². The maximum Gasteiger partial charge on any atom is 0.251 e. The molecule has 2 aliphatic rings. The minimum atomic E-state index is -3.65. The number of benzene rings is 2. The molecule has 1 saturated heterocycles. The summed E-state index contributed by atoms with van der Waals surface area (Å²) in [5, 5.41) is 12.8. The second-order valence-corrected chi connectivity index (χ2v) is 9.97. The lowest BCUT2D eigenvalue weighted by Gasteiger charge is -2.20. The SMILES string of the molecule is O=C(NCC(O)COc1ccc2c(c1)OCO2)c1cccc(S(=O)(=O)N2CCCCCC2)c1. The topological polar surface area (TPSA) is 114 Å². The van der Waals surface area contributed by atoms with Crippen LogP contribution in [0.5, 0.6) is 17.2 Å². The van der Waals surface area contributed by atoms with Crippen LogP contribution in [-0.2, 0) is 10.0 Å². The summed E-state index contributed by atoms with van der Waals surface area (Å²) in [5.41, 5.74) is 0.217. The standard InChI is InChI=1S/C23H28N2O7S/c26-18(15-30-19-8-9-21-22(13-19)32-16-31-21)14-24-23(27)17-6-5-7-20(12-17)33(28,29)25-10-3-1-2-4-11-25/h5-9,12-13,18,26H,1-4,10-11,14-16H2,(H,24,27). The first-order chi connectivity index (χ1) is 15.9. The van der Waals surface area contributed by atoms with Crippen molar-refractivity contribution in [1.29, 1.82) is 0 Å².